The first-order chi connectivity index (χ1) is 9.65. The van der Waals surface area contributed by atoms with Crippen molar-refractivity contribution in [1.29, 1.82) is 0 Å². The minimum absolute atomic E-state index is 0.446. The number of halogens is 1. The van der Waals surface area contributed by atoms with Gasteiger partial charge in [-0.1, -0.05) is 29.8 Å². The van der Waals surface area contributed by atoms with E-state index in [9.17, 15) is 0 Å². The Morgan fingerprint density at radius 1 is 1.05 bits per heavy atom. The molecule has 2 heterocycles. The SMILES string of the molecule is Cc1nc(-c2cnn(-c3ccccc3)n2)nc(Cl)c1C. The quantitative estimate of drug-likeness (QED) is 0.679. The highest BCUT2D eigenvalue weighted by Crippen LogP contribution is 2.20. The smallest absolute Gasteiger partial charge is 0.183 e. The normalized spacial score (nSPS) is 10.8. The summed E-state index contributed by atoms with van der Waals surface area (Å²) in [4.78, 5) is 10.2. The summed E-state index contributed by atoms with van der Waals surface area (Å²) in [7, 11) is 0. The predicted octanol–water partition coefficient (Wildman–Crippen LogP) is 2.99. The highest BCUT2D eigenvalue weighted by Gasteiger charge is 2.11. The molecule has 3 rings (SSSR count). The molecule has 3 aromatic rings. The van der Waals surface area contributed by atoms with Gasteiger partial charge < -0.3 is 0 Å². The predicted molar refractivity (Wildman–Crippen MR) is 76.9 cm³/mol. The molecule has 0 aliphatic carbocycles. The third-order valence-corrected chi connectivity index (χ3v) is 3.41. The maximum Gasteiger partial charge on any atom is 0.183 e. The molecule has 5 nitrogen and oxygen atoms in total. The zero-order valence-electron chi connectivity index (χ0n) is 11.1. The average molecular weight is 286 g/mol. The number of para-hydroxylation sites is 1. The van der Waals surface area contributed by atoms with Gasteiger partial charge in [0.2, 0.25) is 0 Å². The Labute approximate surface area is 121 Å². The molecule has 0 fully saturated rings. The van der Waals surface area contributed by atoms with Crippen molar-refractivity contribution in [3.63, 3.8) is 0 Å². The van der Waals surface area contributed by atoms with Crippen molar-refractivity contribution in [3.05, 3.63) is 52.9 Å². The second-order valence-corrected chi connectivity index (χ2v) is 4.76. The number of rotatable bonds is 2. The molecule has 0 N–H and O–H groups in total. The van der Waals surface area contributed by atoms with Crippen LogP contribution in [0.4, 0.5) is 0 Å². The molecule has 0 amide bonds. The lowest BCUT2D eigenvalue weighted by Gasteiger charge is -2.03. The molecule has 0 radical (unpaired) electrons. The van der Waals surface area contributed by atoms with E-state index >= 15 is 0 Å². The van der Waals surface area contributed by atoms with E-state index in [4.69, 9.17) is 11.6 Å². The Hall–Kier alpha value is -2.27. The van der Waals surface area contributed by atoms with Gasteiger partial charge in [0.15, 0.2) is 11.5 Å². The van der Waals surface area contributed by atoms with Crippen LogP contribution in [0.25, 0.3) is 17.2 Å². The lowest BCUT2D eigenvalue weighted by atomic mass is 10.2. The van der Waals surface area contributed by atoms with E-state index in [0.717, 1.165) is 16.9 Å². The topological polar surface area (TPSA) is 56.5 Å². The molecule has 0 unspecified atom stereocenters. The molecule has 0 spiro atoms. The summed E-state index contributed by atoms with van der Waals surface area (Å²) in [6.07, 6.45) is 1.63. The van der Waals surface area contributed by atoms with Gasteiger partial charge in [-0.15, -0.1) is 5.10 Å². The Kier molecular flexibility index (Phi) is 3.20. The van der Waals surface area contributed by atoms with Crippen LogP contribution in [0.2, 0.25) is 5.15 Å². The van der Waals surface area contributed by atoms with Gasteiger partial charge in [0.05, 0.1) is 11.9 Å². The first-order valence-electron chi connectivity index (χ1n) is 6.14. The largest absolute Gasteiger partial charge is 0.232 e. The molecule has 0 atom stereocenters. The Balaban J connectivity index is 2.03. The van der Waals surface area contributed by atoms with Crippen molar-refractivity contribution in [2.45, 2.75) is 13.8 Å². The van der Waals surface area contributed by atoms with Crippen LogP contribution in [0, 0.1) is 13.8 Å². The zero-order chi connectivity index (χ0) is 14.1. The van der Waals surface area contributed by atoms with Crippen LogP contribution in [0.15, 0.2) is 36.5 Å². The highest BCUT2D eigenvalue weighted by molar-refractivity contribution is 6.30. The van der Waals surface area contributed by atoms with Crippen molar-refractivity contribution in [2.24, 2.45) is 0 Å². The van der Waals surface area contributed by atoms with Gasteiger partial charge in [0.25, 0.3) is 0 Å². The Bertz CT molecular complexity index is 728. The van der Waals surface area contributed by atoms with Gasteiger partial charge in [-0.3, -0.25) is 0 Å². The average Bonchev–Trinajstić information content (AvgIpc) is 2.95. The van der Waals surface area contributed by atoms with Gasteiger partial charge in [0, 0.05) is 11.3 Å². The summed E-state index contributed by atoms with van der Waals surface area (Å²) in [5.74, 6) is 0.486. The van der Waals surface area contributed by atoms with Crippen molar-refractivity contribution in [2.75, 3.05) is 0 Å². The van der Waals surface area contributed by atoms with Crippen LogP contribution in [-0.4, -0.2) is 25.0 Å². The van der Waals surface area contributed by atoms with Crippen molar-refractivity contribution >= 4 is 11.6 Å². The molecule has 1 aromatic carbocycles. The van der Waals surface area contributed by atoms with Gasteiger partial charge in [0.1, 0.15) is 5.15 Å². The first kappa shape index (κ1) is 12.7. The standard InChI is InChI=1S/C14H12ClN5/c1-9-10(2)17-14(18-13(9)15)12-8-16-20(19-12)11-6-4-3-5-7-11/h3-8H,1-2H3. The second-order valence-electron chi connectivity index (χ2n) is 4.40. The summed E-state index contributed by atoms with van der Waals surface area (Å²) in [6.45, 7) is 3.79. The monoisotopic (exact) mass is 285 g/mol. The molecule has 2 aromatic heterocycles. The van der Waals surface area contributed by atoms with E-state index < -0.39 is 0 Å². The molecular weight excluding hydrogens is 274 g/mol. The van der Waals surface area contributed by atoms with E-state index in [1.54, 1.807) is 11.0 Å². The molecule has 100 valence electrons. The van der Waals surface area contributed by atoms with Crippen LogP contribution in [-0.2, 0) is 0 Å². The third kappa shape index (κ3) is 2.28. The molecule has 20 heavy (non-hydrogen) atoms. The lowest BCUT2D eigenvalue weighted by Crippen LogP contribution is -2.00. The molecule has 0 aliphatic rings. The van der Waals surface area contributed by atoms with E-state index in [1.807, 2.05) is 44.2 Å². The minimum atomic E-state index is 0.446. The summed E-state index contributed by atoms with van der Waals surface area (Å²) in [6, 6.07) is 9.67. The number of benzene rings is 1. The van der Waals surface area contributed by atoms with Gasteiger partial charge in [-0.25, -0.2) is 9.97 Å². The number of hydrogen-bond acceptors (Lipinski definition) is 4. The summed E-state index contributed by atoms with van der Waals surface area (Å²) < 4.78 is 0. The molecule has 0 bridgehead atoms. The number of aryl methyl sites for hydroxylation is 1. The first-order valence-corrected chi connectivity index (χ1v) is 6.52. The summed E-state index contributed by atoms with van der Waals surface area (Å²) in [5.41, 5.74) is 3.20. The van der Waals surface area contributed by atoms with Crippen molar-refractivity contribution in [3.8, 4) is 17.2 Å². The fourth-order valence-electron chi connectivity index (χ4n) is 1.76. The van der Waals surface area contributed by atoms with Crippen LogP contribution < -0.4 is 0 Å². The van der Waals surface area contributed by atoms with Gasteiger partial charge in [-0.05, 0) is 26.0 Å². The minimum Gasteiger partial charge on any atom is -0.232 e. The lowest BCUT2D eigenvalue weighted by molar-refractivity contribution is 0.752. The van der Waals surface area contributed by atoms with Crippen LogP contribution in [0.3, 0.4) is 0 Å². The van der Waals surface area contributed by atoms with Crippen molar-refractivity contribution < 1.29 is 0 Å². The Morgan fingerprint density at radius 3 is 2.50 bits per heavy atom. The fraction of sp³-hybridized carbons (Fsp3) is 0.143. The Morgan fingerprint density at radius 2 is 1.80 bits per heavy atom. The van der Waals surface area contributed by atoms with E-state index in [0.29, 0.717) is 16.7 Å². The maximum atomic E-state index is 6.09. The zero-order valence-corrected chi connectivity index (χ0v) is 11.8. The van der Waals surface area contributed by atoms with Crippen LogP contribution in [0.5, 0.6) is 0 Å². The van der Waals surface area contributed by atoms with Gasteiger partial charge in [-0.2, -0.15) is 9.90 Å². The number of hydrogen-bond donors (Lipinski definition) is 0. The molecule has 0 saturated heterocycles. The number of aromatic nitrogens is 5. The number of nitrogens with zero attached hydrogens (tertiary/aromatic N) is 5. The van der Waals surface area contributed by atoms with E-state index in [2.05, 4.69) is 20.2 Å². The molecule has 0 saturated carbocycles. The summed E-state index contributed by atoms with van der Waals surface area (Å²) in [5, 5.41) is 9.06. The summed E-state index contributed by atoms with van der Waals surface area (Å²) >= 11 is 6.09. The van der Waals surface area contributed by atoms with Gasteiger partial charge >= 0.3 is 0 Å². The molecule has 0 aliphatic heterocycles. The van der Waals surface area contributed by atoms with E-state index in [1.165, 1.54) is 0 Å². The molecular formula is C14H12ClN5. The highest BCUT2D eigenvalue weighted by atomic mass is 35.5. The van der Waals surface area contributed by atoms with Crippen LogP contribution >= 0.6 is 11.6 Å². The second kappa shape index (κ2) is 5.02. The molecule has 6 heteroatoms. The third-order valence-electron chi connectivity index (χ3n) is 3.04. The van der Waals surface area contributed by atoms with Crippen molar-refractivity contribution in [1.82, 2.24) is 25.0 Å². The van der Waals surface area contributed by atoms with Crippen LogP contribution in [0.1, 0.15) is 11.3 Å². The van der Waals surface area contributed by atoms with E-state index in [-0.39, 0.29) is 0 Å². The maximum absolute atomic E-state index is 6.09. The fourth-order valence-corrected chi connectivity index (χ4v) is 1.98.